The predicted octanol–water partition coefficient (Wildman–Crippen LogP) is 3.82. The van der Waals surface area contributed by atoms with Crippen LogP contribution in [0.2, 0.25) is 10.0 Å². The van der Waals surface area contributed by atoms with Gasteiger partial charge in [-0.25, -0.2) is 0 Å². The molecule has 0 aliphatic carbocycles. The highest BCUT2D eigenvalue weighted by atomic mass is 35.5. The van der Waals surface area contributed by atoms with Crippen molar-refractivity contribution in [3.8, 4) is 0 Å². The molecule has 0 aliphatic rings. The van der Waals surface area contributed by atoms with Gasteiger partial charge in [0.15, 0.2) is 0 Å². The Morgan fingerprint density at radius 1 is 1.25 bits per heavy atom. The largest absolute Gasteiger partial charge is 0.481 e. The molecule has 1 aromatic rings. The van der Waals surface area contributed by atoms with Crippen LogP contribution in [-0.4, -0.2) is 17.0 Å². The molecule has 0 saturated heterocycles. The molecule has 110 valence electrons. The summed E-state index contributed by atoms with van der Waals surface area (Å²) in [7, 11) is 0. The molecule has 0 aromatic heterocycles. The van der Waals surface area contributed by atoms with Crippen LogP contribution in [0.25, 0.3) is 0 Å². The van der Waals surface area contributed by atoms with E-state index < -0.39 is 5.97 Å². The summed E-state index contributed by atoms with van der Waals surface area (Å²) < 4.78 is 0. The number of carboxylic acids is 1. The molecule has 0 fully saturated rings. The topological polar surface area (TPSA) is 66.4 Å². The Labute approximate surface area is 128 Å². The Morgan fingerprint density at radius 2 is 1.90 bits per heavy atom. The van der Waals surface area contributed by atoms with E-state index in [1.807, 2.05) is 6.92 Å². The Bertz CT molecular complexity index is 491. The van der Waals surface area contributed by atoms with E-state index in [1.165, 1.54) is 0 Å². The van der Waals surface area contributed by atoms with Gasteiger partial charge in [-0.15, -0.1) is 0 Å². The zero-order valence-electron chi connectivity index (χ0n) is 11.2. The number of benzene rings is 1. The molecule has 0 heterocycles. The Morgan fingerprint density at radius 3 is 2.50 bits per heavy atom. The maximum atomic E-state index is 11.7. The maximum absolute atomic E-state index is 11.7. The van der Waals surface area contributed by atoms with E-state index in [4.69, 9.17) is 28.3 Å². The number of unbranched alkanes of at least 4 members (excludes halogenated alkanes) is 1. The van der Waals surface area contributed by atoms with Gasteiger partial charge in [0.05, 0.1) is 6.04 Å². The molecule has 1 amide bonds. The van der Waals surface area contributed by atoms with Gasteiger partial charge in [-0.1, -0.05) is 29.3 Å². The molecule has 2 N–H and O–H groups in total. The molecule has 0 aliphatic heterocycles. The summed E-state index contributed by atoms with van der Waals surface area (Å²) in [5, 5.41) is 12.4. The van der Waals surface area contributed by atoms with Crippen molar-refractivity contribution in [2.75, 3.05) is 0 Å². The van der Waals surface area contributed by atoms with Crippen LogP contribution >= 0.6 is 23.2 Å². The van der Waals surface area contributed by atoms with Crippen molar-refractivity contribution in [1.29, 1.82) is 0 Å². The number of carbonyl (C=O) groups is 2. The van der Waals surface area contributed by atoms with Gasteiger partial charge < -0.3 is 10.4 Å². The highest BCUT2D eigenvalue weighted by Crippen LogP contribution is 2.26. The van der Waals surface area contributed by atoms with Gasteiger partial charge in [0.1, 0.15) is 0 Å². The van der Waals surface area contributed by atoms with Crippen LogP contribution < -0.4 is 5.32 Å². The second kappa shape index (κ2) is 8.12. The third-order valence-electron chi connectivity index (χ3n) is 2.85. The summed E-state index contributed by atoms with van der Waals surface area (Å²) in [6.07, 6.45) is 1.45. The number of carbonyl (C=O) groups excluding carboxylic acids is 1. The zero-order chi connectivity index (χ0) is 15.1. The molecule has 6 heteroatoms. The van der Waals surface area contributed by atoms with Gasteiger partial charge in [0.25, 0.3) is 0 Å². The highest BCUT2D eigenvalue weighted by molar-refractivity contribution is 6.35. The minimum atomic E-state index is -0.841. The molecule has 1 rings (SSSR count). The third-order valence-corrected chi connectivity index (χ3v) is 3.41. The second-order valence-electron chi connectivity index (χ2n) is 4.56. The summed E-state index contributed by atoms with van der Waals surface area (Å²) in [6, 6.07) is 4.92. The van der Waals surface area contributed by atoms with E-state index in [1.54, 1.807) is 18.2 Å². The van der Waals surface area contributed by atoms with Crippen LogP contribution in [0.15, 0.2) is 18.2 Å². The second-order valence-corrected chi connectivity index (χ2v) is 5.40. The maximum Gasteiger partial charge on any atom is 0.303 e. The van der Waals surface area contributed by atoms with Gasteiger partial charge in [-0.2, -0.15) is 0 Å². The Balaban J connectivity index is 2.43. The van der Waals surface area contributed by atoms with Gasteiger partial charge in [0, 0.05) is 22.9 Å². The van der Waals surface area contributed by atoms with Crippen molar-refractivity contribution in [2.45, 2.75) is 38.6 Å². The van der Waals surface area contributed by atoms with Crippen molar-refractivity contribution in [2.24, 2.45) is 0 Å². The van der Waals surface area contributed by atoms with E-state index in [-0.39, 0.29) is 18.4 Å². The SMILES string of the molecule is C[C@H](NC(=O)CCCCC(=O)O)c1ccc(Cl)cc1Cl. The Kier molecular flexibility index (Phi) is 6.82. The van der Waals surface area contributed by atoms with Gasteiger partial charge in [-0.05, 0) is 37.5 Å². The monoisotopic (exact) mass is 317 g/mol. The van der Waals surface area contributed by atoms with E-state index in [9.17, 15) is 9.59 Å². The van der Waals surface area contributed by atoms with Crippen LogP contribution in [0.5, 0.6) is 0 Å². The highest BCUT2D eigenvalue weighted by Gasteiger charge is 2.12. The molecule has 0 saturated carbocycles. The van der Waals surface area contributed by atoms with Gasteiger partial charge in [0.2, 0.25) is 5.91 Å². The fraction of sp³-hybridized carbons (Fsp3) is 0.429. The van der Waals surface area contributed by atoms with Gasteiger partial charge in [-0.3, -0.25) is 9.59 Å². The summed E-state index contributed by atoms with van der Waals surface area (Å²) in [5.74, 6) is -0.958. The van der Waals surface area contributed by atoms with Crippen molar-refractivity contribution in [1.82, 2.24) is 5.32 Å². The number of hydrogen-bond donors (Lipinski definition) is 2. The van der Waals surface area contributed by atoms with Crippen LogP contribution in [0.3, 0.4) is 0 Å². The molecule has 1 atom stereocenters. The fourth-order valence-electron chi connectivity index (χ4n) is 1.81. The van der Waals surface area contributed by atoms with Crippen LogP contribution in [0.4, 0.5) is 0 Å². The zero-order valence-corrected chi connectivity index (χ0v) is 12.7. The average molecular weight is 318 g/mol. The number of carboxylic acid groups (broad SMARTS) is 1. The standard InChI is InChI=1S/C14H17Cl2NO3/c1-9(11-7-6-10(15)8-12(11)16)17-13(18)4-2-3-5-14(19)20/h6-9H,2-5H2,1H3,(H,17,18)(H,19,20)/t9-/m0/s1. The summed E-state index contributed by atoms with van der Waals surface area (Å²) >= 11 is 11.9. The number of hydrogen-bond acceptors (Lipinski definition) is 2. The van der Waals surface area contributed by atoms with Crippen LogP contribution in [-0.2, 0) is 9.59 Å². The number of halogens is 2. The number of aliphatic carboxylic acids is 1. The van der Waals surface area contributed by atoms with Gasteiger partial charge >= 0.3 is 5.97 Å². The molecule has 0 unspecified atom stereocenters. The summed E-state index contributed by atoms with van der Waals surface area (Å²) in [5.41, 5.74) is 0.801. The van der Waals surface area contributed by atoms with Crippen molar-refractivity contribution in [3.63, 3.8) is 0 Å². The molecule has 0 bridgehead atoms. The molecule has 4 nitrogen and oxygen atoms in total. The molecule has 0 spiro atoms. The van der Waals surface area contributed by atoms with Crippen LogP contribution in [0.1, 0.15) is 44.2 Å². The molecule has 1 aromatic carbocycles. The fourth-order valence-corrected chi connectivity index (χ4v) is 2.38. The van der Waals surface area contributed by atoms with Crippen molar-refractivity contribution < 1.29 is 14.7 Å². The minimum Gasteiger partial charge on any atom is -0.481 e. The predicted molar refractivity (Wildman–Crippen MR) is 79.1 cm³/mol. The molecule has 20 heavy (non-hydrogen) atoms. The first kappa shape index (κ1) is 16.8. The van der Waals surface area contributed by atoms with Crippen molar-refractivity contribution >= 4 is 35.1 Å². The van der Waals surface area contributed by atoms with E-state index in [2.05, 4.69) is 5.32 Å². The lowest BCUT2D eigenvalue weighted by Gasteiger charge is -2.16. The van der Waals surface area contributed by atoms with Crippen LogP contribution in [0, 0.1) is 0 Å². The number of nitrogens with one attached hydrogen (secondary N) is 1. The first-order valence-corrected chi connectivity index (χ1v) is 7.12. The van der Waals surface area contributed by atoms with Crippen molar-refractivity contribution in [3.05, 3.63) is 33.8 Å². The first-order chi connectivity index (χ1) is 9.40. The minimum absolute atomic E-state index is 0.0891. The van der Waals surface area contributed by atoms with E-state index in [0.29, 0.717) is 29.3 Å². The summed E-state index contributed by atoms with van der Waals surface area (Å²) in [6.45, 7) is 1.84. The number of rotatable bonds is 7. The first-order valence-electron chi connectivity index (χ1n) is 6.36. The molecular formula is C14H17Cl2NO3. The lowest BCUT2D eigenvalue weighted by molar-refractivity contribution is -0.137. The van der Waals surface area contributed by atoms with E-state index in [0.717, 1.165) is 5.56 Å². The smallest absolute Gasteiger partial charge is 0.303 e. The number of amides is 1. The third kappa shape index (κ3) is 5.80. The summed E-state index contributed by atoms with van der Waals surface area (Å²) in [4.78, 5) is 22.1. The van der Waals surface area contributed by atoms with E-state index >= 15 is 0 Å². The normalized spacial score (nSPS) is 11.9. The average Bonchev–Trinajstić information content (AvgIpc) is 2.34. The quantitative estimate of drug-likeness (QED) is 0.751. The lowest BCUT2D eigenvalue weighted by Crippen LogP contribution is -2.26. The molecule has 0 radical (unpaired) electrons. The lowest BCUT2D eigenvalue weighted by atomic mass is 10.1. The molecular weight excluding hydrogens is 301 g/mol. The Hall–Kier alpha value is -1.26.